The van der Waals surface area contributed by atoms with Crippen LogP contribution in [0.2, 0.25) is 0 Å². The zero-order valence-corrected chi connectivity index (χ0v) is 63.1. The lowest BCUT2D eigenvalue weighted by molar-refractivity contribution is -0.142. The van der Waals surface area contributed by atoms with Gasteiger partial charge in [0, 0.05) is 114 Å². The molecular formula is C68H94IN17O17S2. The first-order valence-electron chi connectivity index (χ1n) is 34.2. The van der Waals surface area contributed by atoms with Crippen molar-refractivity contribution in [3.63, 3.8) is 0 Å². The summed E-state index contributed by atoms with van der Waals surface area (Å²) in [5.41, 5.74) is 1.64. The van der Waals surface area contributed by atoms with Gasteiger partial charge in [0.25, 0.3) is 0 Å². The molecule has 37 heteroatoms. The Morgan fingerprint density at radius 3 is 1.83 bits per heavy atom. The van der Waals surface area contributed by atoms with Gasteiger partial charge in [-0.15, -0.1) is 0 Å². The standard InChI is InChI=1S/C68H94IN17O17S2/c1-8-37(4)59(38(5)87)84-65(100)51(25-44-29-71-35-75-44)79-66(101)53-32-104-105-33-54(83-63(98)50(24-43-28-70-34-74-43)78-61(96)48(22-41-12-10-9-11-13-41)76-57(92)31-85(18-16-72-39(6)88)19-17-73-40(7)89)68(103)86-30-45(90)26-55(86)67(102)81-49(23-42-14-15-56(91)46(69)21-42)62(97)80-52(27-58(93)94)64(99)77-47(20-36(2)3)60(95)82-53/h9-15,21,28-29,34-37,45,47-55,59,90-91H,8,16-20,22-27,30-33H2,1-7H3,(H,70,74)(H,71,75)(H,72,88)(H,73,89)(H,76,92)(H,77,99)(H,78,96)(H,79,101)(H,80,97)(H,81,102)(H,82,95)(H,83,98)(H,84,100)(H,93,94)/t37?,45?,47-,48-,49-,50-,51-,52-,53-,54-,55-,59-/m0/s1. The first-order valence-corrected chi connectivity index (χ1v) is 37.8. The van der Waals surface area contributed by atoms with Crippen molar-refractivity contribution in [2.45, 2.75) is 166 Å². The molecule has 0 spiro atoms. The normalized spacial score (nSPS) is 20.6. The number of aliphatic carboxylic acids is 1. The monoisotopic (exact) mass is 1610 g/mol. The van der Waals surface area contributed by atoms with Gasteiger partial charge in [0.15, 0.2) is 5.78 Å². The van der Waals surface area contributed by atoms with Gasteiger partial charge in [-0.25, -0.2) is 9.97 Å². The number of hydrogen-bond acceptors (Lipinski definition) is 21. The number of phenols is 1. The summed E-state index contributed by atoms with van der Waals surface area (Å²) in [7, 11) is 1.77. The summed E-state index contributed by atoms with van der Waals surface area (Å²) in [6.07, 6.45) is 1.95. The first kappa shape index (κ1) is 84.7. The Labute approximate surface area is 628 Å². The number of benzene rings is 2. The number of amides is 12. The molecule has 34 nitrogen and oxygen atoms in total. The summed E-state index contributed by atoms with van der Waals surface area (Å²) in [6.45, 7) is 10.8. The van der Waals surface area contributed by atoms with Crippen molar-refractivity contribution < 1.29 is 82.4 Å². The number of nitrogens with zero attached hydrogens (tertiary/aromatic N) is 4. The van der Waals surface area contributed by atoms with Crippen LogP contribution in [0.25, 0.3) is 0 Å². The molecule has 2 saturated heterocycles. The molecule has 0 bridgehead atoms. The minimum absolute atomic E-state index is 0.104. The van der Waals surface area contributed by atoms with Crippen LogP contribution < -0.4 is 58.5 Å². The second-order valence-corrected chi connectivity index (χ2v) is 29.9. The maximum atomic E-state index is 15.5. The molecule has 572 valence electrons. The van der Waals surface area contributed by atoms with Crippen molar-refractivity contribution in [1.29, 1.82) is 0 Å². The highest BCUT2D eigenvalue weighted by Gasteiger charge is 2.44. The van der Waals surface area contributed by atoms with E-state index in [-0.39, 0.29) is 100 Å². The number of imidazole rings is 2. The Morgan fingerprint density at radius 1 is 0.686 bits per heavy atom. The summed E-state index contributed by atoms with van der Waals surface area (Å²) < 4.78 is 0.331. The number of carbonyl (C=O) groups excluding carboxylic acids is 13. The second kappa shape index (κ2) is 42.1. The van der Waals surface area contributed by atoms with Gasteiger partial charge in [0.05, 0.1) is 41.3 Å². The number of hydrogen-bond donors (Lipinski definition) is 16. The van der Waals surface area contributed by atoms with Crippen LogP contribution in [-0.2, 0) is 92.8 Å². The van der Waals surface area contributed by atoms with Crippen LogP contribution in [0.3, 0.4) is 0 Å². The number of aromatic amines is 2. The fourth-order valence-corrected chi connectivity index (χ4v) is 14.4. The number of fused-ring (bicyclic) bond motifs is 1. The number of aliphatic hydroxyl groups excluding tert-OH is 1. The average Bonchev–Trinajstić information content (AvgIpc) is 1.70. The molecule has 2 aliphatic rings. The molecule has 4 aromatic rings. The van der Waals surface area contributed by atoms with Gasteiger partial charge < -0.3 is 88.7 Å². The number of aromatic nitrogens is 4. The number of ketones is 1. The van der Waals surface area contributed by atoms with E-state index in [0.717, 1.165) is 26.5 Å². The molecule has 12 amide bonds. The molecular weight excluding hydrogens is 1520 g/mol. The number of carboxylic acid groups (broad SMARTS) is 1. The van der Waals surface area contributed by atoms with Crippen molar-refractivity contribution in [1.82, 2.24) is 88.2 Å². The highest BCUT2D eigenvalue weighted by Crippen LogP contribution is 2.28. The summed E-state index contributed by atoms with van der Waals surface area (Å²) in [6, 6.07) is -2.60. The number of carboxylic acids is 1. The zero-order valence-electron chi connectivity index (χ0n) is 59.3. The lowest BCUT2D eigenvalue weighted by atomic mass is 9.95. The lowest BCUT2D eigenvalue weighted by Gasteiger charge is -2.31. The summed E-state index contributed by atoms with van der Waals surface area (Å²) >= 11 is 1.84. The Bertz CT molecular complexity index is 3650. The topological polar surface area (TPSA) is 496 Å². The molecule has 2 aromatic carbocycles. The molecule has 2 aliphatic heterocycles. The highest BCUT2D eigenvalue weighted by molar-refractivity contribution is 14.1. The van der Waals surface area contributed by atoms with Gasteiger partial charge in [0.2, 0.25) is 70.9 Å². The number of halogens is 1. The van der Waals surface area contributed by atoms with Gasteiger partial charge in [-0.2, -0.15) is 0 Å². The van der Waals surface area contributed by atoms with E-state index < -0.39 is 162 Å². The molecule has 105 heavy (non-hydrogen) atoms. The average molecular weight is 1610 g/mol. The molecule has 0 saturated carbocycles. The largest absolute Gasteiger partial charge is 0.507 e. The number of H-pyrrole nitrogens is 2. The molecule has 2 aromatic heterocycles. The smallest absolute Gasteiger partial charge is 0.305 e. The molecule has 4 heterocycles. The predicted molar refractivity (Wildman–Crippen MR) is 393 cm³/mol. The lowest BCUT2D eigenvalue weighted by Crippen LogP contribution is -2.61. The van der Waals surface area contributed by atoms with Crippen LogP contribution in [-0.4, -0.2) is 245 Å². The molecule has 0 aliphatic carbocycles. The summed E-state index contributed by atoms with van der Waals surface area (Å²) in [5, 5.41) is 61.3. The molecule has 2 fully saturated rings. The van der Waals surface area contributed by atoms with E-state index in [2.05, 4.69) is 78.4 Å². The molecule has 12 atom stereocenters. The maximum absolute atomic E-state index is 15.5. The number of Topliss-reactive ketones (excluding diaryl/α,β-unsaturated/α-hetero) is 1. The number of nitrogens with one attached hydrogen (secondary N) is 13. The Kier molecular flexibility index (Phi) is 33.9. The van der Waals surface area contributed by atoms with E-state index >= 15 is 14.4 Å². The molecule has 6 rings (SSSR count). The van der Waals surface area contributed by atoms with Gasteiger partial charge >= 0.3 is 5.97 Å². The second-order valence-electron chi connectivity index (χ2n) is 26.2. The van der Waals surface area contributed by atoms with E-state index in [1.54, 1.807) is 56.0 Å². The van der Waals surface area contributed by atoms with E-state index in [4.69, 9.17) is 0 Å². The van der Waals surface area contributed by atoms with Crippen molar-refractivity contribution in [3.8, 4) is 5.75 Å². The Hall–Kier alpha value is -9.21. The Morgan fingerprint density at radius 2 is 1.26 bits per heavy atom. The van der Waals surface area contributed by atoms with Gasteiger partial charge in [0.1, 0.15) is 60.1 Å². The zero-order chi connectivity index (χ0) is 77.0. The van der Waals surface area contributed by atoms with Gasteiger partial charge in [-0.05, 0) is 71.0 Å². The minimum atomic E-state index is -1.94. The Balaban J connectivity index is 1.43. The van der Waals surface area contributed by atoms with Crippen LogP contribution in [0.15, 0.2) is 73.6 Å². The number of carbonyl (C=O) groups is 14. The predicted octanol–water partition coefficient (Wildman–Crippen LogP) is -1.84. The summed E-state index contributed by atoms with van der Waals surface area (Å²) in [5.74, 6) is -13.8. The van der Waals surface area contributed by atoms with Gasteiger partial charge in [-0.3, -0.25) is 72.0 Å². The number of phenolic OH excluding ortho intramolecular Hbond substituents is 1. The van der Waals surface area contributed by atoms with Crippen molar-refractivity contribution in [2.75, 3.05) is 50.8 Å². The SMILES string of the molecule is CCC(C)[C@H](NC(=O)[C@H](Cc1cnc[nH]1)NC(=O)[C@@H]1CSSC[C@H](NC(=O)[C@H](Cc2cnc[nH]2)NC(=O)[C@H](Cc2ccccc2)NC(=O)CN(CCNC(C)=O)CCNC(C)=O)C(=O)N2CC(O)C[C@H]2C(=O)N[C@@H](Cc2ccc(O)c(I)c2)C(=O)N[C@@H](CC(=O)O)C(=O)N[C@@H](CC(C)C)C(=O)N1)C(C)=O. The fourth-order valence-electron chi connectivity index (χ4n) is 11.5. The van der Waals surface area contributed by atoms with Crippen molar-refractivity contribution in [2.24, 2.45) is 11.8 Å². The van der Waals surface area contributed by atoms with E-state index in [1.165, 1.54) is 64.0 Å². The van der Waals surface area contributed by atoms with Gasteiger partial charge in [-0.1, -0.05) is 92.1 Å². The van der Waals surface area contributed by atoms with Crippen LogP contribution in [0.5, 0.6) is 5.75 Å². The van der Waals surface area contributed by atoms with Crippen LogP contribution >= 0.6 is 44.2 Å². The third-order valence-electron chi connectivity index (χ3n) is 17.2. The first-order chi connectivity index (χ1) is 49.9. The van der Waals surface area contributed by atoms with Crippen molar-refractivity contribution in [3.05, 3.63) is 99.7 Å². The number of rotatable bonds is 32. The third kappa shape index (κ3) is 28.0. The molecule has 16 N–H and O–H groups in total. The van der Waals surface area contributed by atoms with E-state index in [1.807, 2.05) is 29.5 Å². The minimum Gasteiger partial charge on any atom is -0.507 e. The molecule has 0 radical (unpaired) electrons. The van der Waals surface area contributed by atoms with Crippen LogP contribution in [0.4, 0.5) is 0 Å². The van der Waals surface area contributed by atoms with E-state index in [9.17, 15) is 68.1 Å². The number of aliphatic hydroxyl groups is 1. The fraction of sp³-hybridized carbons (Fsp3) is 0.529. The molecule has 2 unspecified atom stereocenters. The summed E-state index contributed by atoms with van der Waals surface area (Å²) in [4.78, 5) is 214. The van der Waals surface area contributed by atoms with Crippen molar-refractivity contribution >= 4 is 127 Å². The quantitative estimate of drug-likeness (QED) is 0.0189. The van der Waals surface area contributed by atoms with E-state index in [0.29, 0.717) is 32.5 Å². The highest BCUT2D eigenvalue weighted by atomic mass is 127. The van der Waals surface area contributed by atoms with Crippen LogP contribution in [0, 0.1) is 15.4 Å². The number of aromatic hydroxyl groups is 1. The maximum Gasteiger partial charge on any atom is 0.305 e. The van der Waals surface area contributed by atoms with Crippen LogP contribution in [0.1, 0.15) is 96.7 Å². The third-order valence-corrected chi connectivity index (χ3v) is 20.5.